The van der Waals surface area contributed by atoms with E-state index in [1.165, 1.54) is 12.8 Å². The minimum absolute atomic E-state index is 0.392. The van der Waals surface area contributed by atoms with Crippen molar-refractivity contribution in [2.45, 2.75) is 52.5 Å². The monoisotopic (exact) mass is 236 g/mol. The van der Waals surface area contributed by atoms with Crippen LogP contribution >= 0.6 is 0 Å². The van der Waals surface area contributed by atoms with Gasteiger partial charge in [-0.1, -0.05) is 0 Å². The van der Waals surface area contributed by atoms with Crippen LogP contribution in [-0.4, -0.2) is 20.9 Å². The first-order chi connectivity index (χ1) is 7.93. The molecule has 0 spiro atoms. The highest BCUT2D eigenvalue weighted by Gasteiger charge is 2.32. The van der Waals surface area contributed by atoms with Crippen molar-refractivity contribution < 1.29 is 9.90 Å². The SMILES string of the molecule is Cc1nn(C(C)C2CC2)c(C)c1C(C)C(=O)O. The Balaban J connectivity index is 2.37. The summed E-state index contributed by atoms with van der Waals surface area (Å²) in [5, 5.41) is 13.6. The molecule has 0 bridgehead atoms. The lowest BCUT2D eigenvalue weighted by molar-refractivity contribution is -0.138. The van der Waals surface area contributed by atoms with E-state index in [-0.39, 0.29) is 0 Å². The first-order valence-corrected chi connectivity index (χ1v) is 6.22. The van der Waals surface area contributed by atoms with Gasteiger partial charge in [-0.2, -0.15) is 5.10 Å². The second kappa shape index (κ2) is 4.17. The summed E-state index contributed by atoms with van der Waals surface area (Å²) in [6.45, 7) is 7.78. The zero-order valence-corrected chi connectivity index (χ0v) is 10.9. The van der Waals surface area contributed by atoms with E-state index in [0.29, 0.717) is 6.04 Å². The van der Waals surface area contributed by atoms with E-state index in [0.717, 1.165) is 22.9 Å². The summed E-state index contributed by atoms with van der Waals surface area (Å²) in [6, 6.07) is 0.392. The third kappa shape index (κ3) is 2.08. The van der Waals surface area contributed by atoms with Gasteiger partial charge in [0.05, 0.1) is 17.7 Å². The molecule has 2 unspecified atom stereocenters. The molecule has 1 fully saturated rings. The van der Waals surface area contributed by atoms with Gasteiger partial charge in [-0.05, 0) is 46.5 Å². The molecular formula is C13H20N2O2. The van der Waals surface area contributed by atoms with E-state index >= 15 is 0 Å². The van der Waals surface area contributed by atoms with E-state index in [1.807, 2.05) is 18.5 Å². The van der Waals surface area contributed by atoms with Crippen LogP contribution in [0.15, 0.2) is 0 Å². The van der Waals surface area contributed by atoms with Crippen molar-refractivity contribution in [1.29, 1.82) is 0 Å². The summed E-state index contributed by atoms with van der Waals surface area (Å²) in [7, 11) is 0. The fourth-order valence-corrected chi connectivity index (χ4v) is 2.60. The summed E-state index contributed by atoms with van der Waals surface area (Å²) in [5.41, 5.74) is 2.74. The average Bonchev–Trinajstić information content (AvgIpc) is 3.04. The summed E-state index contributed by atoms with van der Waals surface area (Å²) < 4.78 is 2.02. The van der Waals surface area contributed by atoms with Gasteiger partial charge in [0.2, 0.25) is 0 Å². The van der Waals surface area contributed by atoms with Gasteiger partial charge in [-0.15, -0.1) is 0 Å². The molecule has 4 nitrogen and oxygen atoms in total. The Hall–Kier alpha value is -1.32. The van der Waals surface area contributed by atoms with Crippen molar-refractivity contribution in [3.05, 3.63) is 17.0 Å². The van der Waals surface area contributed by atoms with E-state index < -0.39 is 11.9 Å². The number of nitrogens with zero attached hydrogens (tertiary/aromatic N) is 2. The van der Waals surface area contributed by atoms with Crippen molar-refractivity contribution >= 4 is 5.97 Å². The number of rotatable bonds is 4. The lowest BCUT2D eigenvalue weighted by atomic mass is 9.99. The average molecular weight is 236 g/mol. The maximum absolute atomic E-state index is 11.1. The minimum Gasteiger partial charge on any atom is -0.481 e. The van der Waals surface area contributed by atoms with Crippen molar-refractivity contribution in [2.75, 3.05) is 0 Å². The molecule has 0 amide bonds. The quantitative estimate of drug-likeness (QED) is 0.874. The van der Waals surface area contributed by atoms with Gasteiger partial charge in [0.25, 0.3) is 0 Å². The molecule has 0 saturated heterocycles. The Morgan fingerprint density at radius 3 is 2.47 bits per heavy atom. The molecule has 2 atom stereocenters. The van der Waals surface area contributed by atoms with Crippen LogP contribution in [-0.2, 0) is 4.79 Å². The third-order valence-electron chi connectivity index (χ3n) is 3.87. The number of carboxylic acid groups (broad SMARTS) is 1. The smallest absolute Gasteiger partial charge is 0.310 e. The van der Waals surface area contributed by atoms with Gasteiger partial charge < -0.3 is 5.11 Å². The Morgan fingerprint density at radius 1 is 1.41 bits per heavy atom. The van der Waals surface area contributed by atoms with Crippen LogP contribution in [0, 0.1) is 19.8 Å². The second-order valence-electron chi connectivity index (χ2n) is 5.17. The van der Waals surface area contributed by atoms with Crippen LogP contribution in [0.4, 0.5) is 0 Å². The Morgan fingerprint density at radius 2 is 2.00 bits per heavy atom. The highest BCUT2D eigenvalue weighted by Crippen LogP contribution is 2.40. The molecule has 2 rings (SSSR count). The molecule has 1 heterocycles. The van der Waals surface area contributed by atoms with E-state index in [1.54, 1.807) is 6.92 Å². The molecule has 0 aromatic carbocycles. The Labute approximate surface area is 102 Å². The molecule has 17 heavy (non-hydrogen) atoms. The largest absolute Gasteiger partial charge is 0.481 e. The molecular weight excluding hydrogens is 216 g/mol. The van der Waals surface area contributed by atoms with Crippen LogP contribution in [0.1, 0.15) is 55.6 Å². The maximum atomic E-state index is 11.1. The predicted molar refractivity (Wildman–Crippen MR) is 65.2 cm³/mol. The summed E-state index contributed by atoms with van der Waals surface area (Å²) in [6.07, 6.45) is 2.53. The van der Waals surface area contributed by atoms with E-state index in [9.17, 15) is 4.79 Å². The van der Waals surface area contributed by atoms with Gasteiger partial charge in [-0.25, -0.2) is 0 Å². The zero-order valence-electron chi connectivity index (χ0n) is 10.9. The number of aromatic nitrogens is 2. The van der Waals surface area contributed by atoms with Crippen molar-refractivity contribution in [2.24, 2.45) is 5.92 Å². The number of carboxylic acids is 1. The minimum atomic E-state index is -0.783. The van der Waals surface area contributed by atoms with Gasteiger partial charge in [0, 0.05) is 11.3 Å². The molecule has 94 valence electrons. The number of carbonyl (C=O) groups is 1. The number of aliphatic carboxylic acids is 1. The molecule has 1 aromatic rings. The predicted octanol–water partition coefficient (Wildman–Crippen LogP) is 2.66. The highest BCUT2D eigenvalue weighted by atomic mass is 16.4. The molecule has 1 aromatic heterocycles. The number of aryl methyl sites for hydroxylation is 1. The van der Waals surface area contributed by atoms with E-state index in [4.69, 9.17) is 5.11 Å². The highest BCUT2D eigenvalue weighted by molar-refractivity contribution is 5.76. The molecule has 1 aliphatic rings. The molecule has 1 saturated carbocycles. The molecule has 4 heteroatoms. The third-order valence-corrected chi connectivity index (χ3v) is 3.87. The molecule has 1 N–H and O–H groups in total. The van der Waals surface area contributed by atoms with Crippen LogP contribution in [0.25, 0.3) is 0 Å². The summed E-state index contributed by atoms with van der Waals surface area (Å²) >= 11 is 0. The standard InChI is InChI=1S/C13H20N2O2/c1-7(13(16)17)12-8(2)14-15(10(12)4)9(3)11-5-6-11/h7,9,11H,5-6H2,1-4H3,(H,16,17). The van der Waals surface area contributed by atoms with Gasteiger partial charge in [-0.3, -0.25) is 9.48 Å². The lowest BCUT2D eigenvalue weighted by Gasteiger charge is -2.14. The topological polar surface area (TPSA) is 55.1 Å². The number of hydrogen-bond donors (Lipinski definition) is 1. The second-order valence-corrected chi connectivity index (χ2v) is 5.17. The van der Waals surface area contributed by atoms with Gasteiger partial charge >= 0.3 is 5.97 Å². The lowest BCUT2D eigenvalue weighted by Crippen LogP contribution is -2.13. The molecule has 1 aliphatic carbocycles. The number of hydrogen-bond acceptors (Lipinski definition) is 2. The normalized spacial score (nSPS) is 19.1. The van der Waals surface area contributed by atoms with Crippen LogP contribution in [0.3, 0.4) is 0 Å². The van der Waals surface area contributed by atoms with Crippen LogP contribution in [0.5, 0.6) is 0 Å². The van der Waals surface area contributed by atoms with Crippen molar-refractivity contribution in [3.63, 3.8) is 0 Å². The Kier molecular flexibility index (Phi) is 2.98. The molecule has 0 aliphatic heterocycles. The van der Waals surface area contributed by atoms with Crippen LogP contribution in [0.2, 0.25) is 0 Å². The van der Waals surface area contributed by atoms with E-state index in [2.05, 4.69) is 12.0 Å². The maximum Gasteiger partial charge on any atom is 0.310 e. The van der Waals surface area contributed by atoms with Gasteiger partial charge in [0.1, 0.15) is 0 Å². The zero-order chi connectivity index (χ0) is 12.7. The Bertz CT molecular complexity index is 447. The van der Waals surface area contributed by atoms with Crippen molar-refractivity contribution in [3.8, 4) is 0 Å². The summed E-state index contributed by atoms with van der Waals surface area (Å²) in [5.74, 6) is -0.536. The van der Waals surface area contributed by atoms with Gasteiger partial charge in [0.15, 0.2) is 0 Å². The van der Waals surface area contributed by atoms with Crippen LogP contribution < -0.4 is 0 Å². The fraction of sp³-hybridized carbons (Fsp3) is 0.692. The first-order valence-electron chi connectivity index (χ1n) is 6.22. The first kappa shape index (κ1) is 12.1. The summed E-state index contributed by atoms with van der Waals surface area (Å²) in [4.78, 5) is 11.1. The fourth-order valence-electron chi connectivity index (χ4n) is 2.60. The molecule has 0 radical (unpaired) electrons. The van der Waals surface area contributed by atoms with Crippen molar-refractivity contribution in [1.82, 2.24) is 9.78 Å².